The van der Waals surface area contributed by atoms with Crippen molar-refractivity contribution in [3.8, 4) is 17.2 Å². The molecule has 174 valence electrons. The summed E-state index contributed by atoms with van der Waals surface area (Å²) in [5.41, 5.74) is 1.69. The van der Waals surface area contributed by atoms with Gasteiger partial charge >= 0.3 is 5.97 Å². The smallest absolute Gasteiger partial charge is 0.343 e. The van der Waals surface area contributed by atoms with Crippen LogP contribution in [0.5, 0.6) is 17.2 Å². The maximum absolute atomic E-state index is 12.8. The van der Waals surface area contributed by atoms with Crippen LogP contribution in [0.15, 0.2) is 39.3 Å². The highest BCUT2D eigenvalue weighted by atomic mass is 79.9. The van der Waals surface area contributed by atoms with Crippen molar-refractivity contribution >= 4 is 37.8 Å². The van der Waals surface area contributed by atoms with E-state index in [9.17, 15) is 4.79 Å². The van der Waals surface area contributed by atoms with Crippen LogP contribution in [0.2, 0.25) is 0 Å². The summed E-state index contributed by atoms with van der Waals surface area (Å²) in [5.74, 6) is 2.53. The number of carbonyl (C=O) groups excluding carboxylic acids is 1. The van der Waals surface area contributed by atoms with E-state index >= 15 is 0 Å². The minimum Gasteiger partial charge on any atom is -0.493 e. The molecule has 0 spiro atoms. The van der Waals surface area contributed by atoms with Crippen molar-refractivity contribution in [2.75, 3.05) is 14.2 Å². The molecule has 2 aromatic carbocycles. The molecule has 0 aliphatic heterocycles. The van der Waals surface area contributed by atoms with Crippen LogP contribution in [0.3, 0.4) is 0 Å². The van der Waals surface area contributed by atoms with E-state index in [0.717, 1.165) is 14.9 Å². The number of methoxy groups -OCH3 is 2. The van der Waals surface area contributed by atoms with E-state index in [1.54, 1.807) is 25.3 Å². The Balaban J connectivity index is 1.67. The monoisotopic (exact) mass is 566 g/mol. The van der Waals surface area contributed by atoms with Gasteiger partial charge in [-0.3, -0.25) is 0 Å². The molecule has 2 aromatic rings. The van der Waals surface area contributed by atoms with Crippen molar-refractivity contribution in [1.29, 1.82) is 0 Å². The van der Waals surface area contributed by atoms with Crippen molar-refractivity contribution in [2.45, 2.75) is 64.2 Å². The Bertz CT molecular complexity index is 897. The summed E-state index contributed by atoms with van der Waals surface area (Å²) in [4.78, 5) is 12.8. The van der Waals surface area contributed by atoms with Gasteiger partial charge in [-0.1, -0.05) is 32.6 Å². The largest absolute Gasteiger partial charge is 0.493 e. The highest BCUT2D eigenvalue weighted by Gasteiger charge is 2.24. The number of esters is 1. The molecule has 0 unspecified atom stereocenters. The second-order valence-electron chi connectivity index (χ2n) is 8.49. The van der Waals surface area contributed by atoms with Crippen molar-refractivity contribution in [2.24, 2.45) is 5.92 Å². The number of hydrogen-bond donors (Lipinski definition) is 0. The van der Waals surface area contributed by atoms with Gasteiger partial charge in [0.1, 0.15) is 0 Å². The molecule has 0 atom stereocenters. The zero-order valence-corrected chi connectivity index (χ0v) is 22.3. The SMILES string of the molecule is CCCCCC1CCC(c2cc(Br)c(OC(=O)c3ccc(OC)c(OC)c3)c(Br)c2)CC1. The molecule has 0 bridgehead atoms. The van der Waals surface area contributed by atoms with Crippen LogP contribution >= 0.6 is 31.9 Å². The van der Waals surface area contributed by atoms with E-state index in [1.807, 2.05) is 0 Å². The normalized spacial score (nSPS) is 18.3. The third kappa shape index (κ3) is 6.28. The van der Waals surface area contributed by atoms with Crippen LogP contribution in [-0.2, 0) is 0 Å². The average Bonchev–Trinajstić information content (AvgIpc) is 2.81. The summed E-state index contributed by atoms with van der Waals surface area (Å²) >= 11 is 7.24. The highest BCUT2D eigenvalue weighted by molar-refractivity contribution is 9.11. The van der Waals surface area contributed by atoms with Crippen molar-refractivity contribution in [3.05, 3.63) is 50.4 Å². The predicted molar refractivity (Wildman–Crippen MR) is 135 cm³/mol. The fraction of sp³-hybridized carbons (Fsp3) is 0.500. The Kier molecular flexibility index (Phi) is 9.47. The van der Waals surface area contributed by atoms with Crippen molar-refractivity contribution in [3.63, 3.8) is 0 Å². The molecule has 0 heterocycles. The summed E-state index contributed by atoms with van der Waals surface area (Å²) in [6, 6.07) is 9.18. The first kappa shape index (κ1) is 25.1. The van der Waals surface area contributed by atoms with Gasteiger partial charge in [-0.2, -0.15) is 0 Å². The van der Waals surface area contributed by atoms with Gasteiger partial charge in [-0.25, -0.2) is 4.79 Å². The lowest BCUT2D eigenvalue weighted by atomic mass is 9.77. The molecule has 1 fully saturated rings. The second-order valence-corrected chi connectivity index (χ2v) is 10.2. The molecule has 3 rings (SSSR count). The highest BCUT2D eigenvalue weighted by Crippen LogP contribution is 2.43. The third-order valence-electron chi connectivity index (χ3n) is 6.37. The van der Waals surface area contributed by atoms with Gasteiger partial charge in [0.2, 0.25) is 0 Å². The number of hydrogen-bond acceptors (Lipinski definition) is 4. The zero-order chi connectivity index (χ0) is 23.1. The topological polar surface area (TPSA) is 44.8 Å². The summed E-state index contributed by atoms with van der Waals surface area (Å²) < 4.78 is 17.8. The lowest BCUT2D eigenvalue weighted by Crippen LogP contribution is -2.14. The second kappa shape index (κ2) is 12.1. The number of benzene rings is 2. The van der Waals surface area contributed by atoms with E-state index in [-0.39, 0.29) is 0 Å². The lowest BCUT2D eigenvalue weighted by Gasteiger charge is -2.29. The average molecular weight is 568 g/mol. The maximum atomic E-state index is 12.8. The Labute approximate surface area is 208 Å². The molecule has 1 saturated carbocycles. The molecule has 1 aliphatic carbocycles. The van der Waals surface area contributed by atoms with E-state index < -0.39 is 5.97 Å². The van der Waals surface area contributed by atoms with Gasteiger partial charge in [0.15, 0.2) is 17.2 Å². The molecular formula is C26H32Br2O4. The van der Waals surface area contributed by atoms with Crippen LogP contribution in [-0.4, -0.2) is 20.2 Å². The van der Waals surface area contributed by atoms with E-state index in [0.29, 0.717) is 28.7 Å². The van der Waals surface area contributed by atoms with Crippen LogP contribution in [0.25, 0.3) is 0 Å². The Morgan fingerprint density at radius 1 is 0.938 bits per heavy atom. The minimum absolute atomic E-state index is 0.395. The summed E-state index contributed by atoms with van der Waals surface area (Å²) in [5, 5.41) is 0. The van der Waals surface area contributed by atoms with Gasteiger partial charge in [0, 0.05) is 0 Å². The zero-order valence-electron chi connectivity index (χ0n) is 19.1. The molecule has 0 aromatic heterocycles. The van der Waals surface area contributed by atoms with Crippen molar-refractivity contribution < 1.29 is 19.0 Å². The quantitative estimate of drug-likeness (QED) is 0.174. The Hall–Kier alpha value is -1.53. The number of ether oxygens (including phenoxy) is 3. The van der Waals surface area contributed by atoms with Crippen LogP contribution in [0, 0.1) is 5.92 Å². The first-order valence-electron chi connectivity index (χ1n) is 11.4. The van der Waals surface area contributed by atoms with E-state index in [4.69, 9.17) is 14.2 Å². The first-order valence-corrected chi connectivity index (χ1v) is 13.0. The minimum atomic E-state index is -0.451. The van der Waals surface area contributed by atoms with Crippen LogP contribution in [0.4, 0.5) is 0 Å². The van der Waals surface area contributed by atoms with Gasteiger partial charge in [-0.15, -0.1) is 0 Å². The fourth-order valence-electron chi connectivity index (χ4n) is 4.49. The number of carbonyl (C=O) groups is 1. The van der Waals surface area contributed by atoms with E-state index in [2.05, 4.69) is 50.9 Å². The molecule has 0 radical (unpaired) electrons. The number of halogens is 2. The number of unbranched alkanes of at least 4 members (excludes halogenated alkanes) is 2. The maximum Gasteiger partial charge on any atom is 0.343 e. The third-order valence-corrected chi connectivity index (χ3v) is 7.55. The van der Waals surface area contributed by atoms with Gasteiger partial charge in [-0.05, 0) is 105 Å². The lowest BCUT2D eigenvalue weighted by molar-refractivity contribution is 0.0731. The molecular weight excluding hydrogens is 536 g/mol. The first-order chi connectivity index (χ1) is 15.5. The van der Waals surface area contributed by atoms with Gasteiger partial charge < -0.3 is 14.2 Å². The molecule has 1 aliphatic rings. The summed E-state index contributed by atoms with van der Waals surface area (Å²) in [6.07, 6.45) is 10.4. The Morgan fingerprint density at radius 2 is 1.59 bits per heavy atom. The standard InChI is InChI=1S/C26H32Br2O4/c1-4-5-6-7-17-8-10-18(11-9-17)20-14-21(27)25(22(28)15-20)32-26(29)19-12-13-23(30-2)24(16-19)31-3/h12-18H,4-11H2,1-3H3. The Morgan fingerprint density at radius 3 is 2.19 bits per heavy atom. The fourth-order valence-corrected chi connectivity index (χ4v) is 5.88. The molecule has 32 heavy (non-hydrogen) atoms. The predicted octanol–water partition coefficient (Wildman–Crippen LogP) is 8.30. The number of rotatable bonds is 9. The summed E-state index contributed by atoms with van der Waals surface area (Å²) in [6.45, 7) is 2.27. The van der Waals surface area contributed by atoms with E-state index in [1.165, 1.54) is 64.0 Å². The van der Waals surface area contributed by atoms with Gasteiger partial charge in [0.25, 0.3) is 0 Å². The van der Waals surface area contributed by atoms with Crippen molar-refractivity contribution in [1.82, 2.24) is 0 Å². The summed E-state index contributed by atoms with van der Waals surface area (Å²) in [7, 11) is 3.10. The molecule has 0 amide bonds. The molecule has 0 N–H and O–H groups in total. The molecule has 6 heteroatoms. The molecule has 0 saturated heterocycles. The van der Waals surface area contributed by atoms with Crippen LogP contribution < -0.4 is 14.2 Å². The molecule has 4 nitrogen and oxygen atoms in total. The van der Waals surface area contributed by atoms with Gasteiger partial charge in [0.05, 0.1) is 28.7 Å². The van der Waals surface area contributed by atoms with Crippen LogP contribution in [0.1, 0.15) is 80.1 Å².